The highest BCUT2D eigenvalue weighted by atomic mass is 19.4. The highest BCUT2D eigenvalue weighted by Crippen LogP contribution is 2.26. The van der Waals surface area contributed by atoms with Gasteiger partial charge in [-0.2, -0.15) is 13.2 Å². The number of nitrogens with zero attached hydrogens (tertiary/aromatic N) is 5. The van der Waals surface area contributed by atoms with Gasteiger partial charge in [-0.05, 0) is 12.1 Å². The van der Waals surface area contributed by atoms with Crippen molar-refractivity contribution in [2.24, 2.45) is 0 Å². The molecule has 3 aliphatic rings. The van der Waals surface area contributed by atoms with Gasteiger partial charge in [-0.25, -0.2) is 9.59 Å². The van der Waals surface area contributed by atoms with Crippen LogP contribution < -0.4 is 4.90 Å². The number of hydroxylamine groups is 2. The first-order chi connectivity index (χ1) is 14.7. The molecule has 1 aromatic carbocycles. The number of hydrogen-bond donors (Lipinski definition) is 0. The molecule has 0 saturated carbocycles. The second-order valence-electron chi connectivity index (χ2n) is 7.64. The first-order valence-corrected chi connectivity index (χ1v) is 9.93. The number of anilines is 1. The molecule has 9 nitrogen and oxygen atoms in total. The summed E-state index contributed by atoms with van der Waals surface area (Å²) in [6.45, 7) is 0.137. The number of imide groups is 1. The van der Waals surface area contributed by atoms with Crippen molar-refractivity contribution in [2.75, 3.05) is 57.3 Å². The third-order valence-electron chi connectivity index (χ3n) is 5.61. The molecule has 0 aromatic heterocycles. The van der Waals surface area contributed by atoms with Crippen LogP contribution in [-0.4, -0.2) is 102 Å². The van der Waals surface area contributed by atoms with Gasteiger partial charge in [-0.15, -0.1) is 0 Å². The highest BCUT2D eigenvalue weighted by Gasteiger charge is 2.50. The summed E-state index contributed by atoms with van der Waals surface area (Å²) in [5, 5.41) is 0.476. The smallest absolute Gasteiger partial charge is 0.367 e. The number of amides is 4. The standard InChI is InChI=1S/C19H22F3N5O4/c20-19(21,22)13-23-6-8-24(9-7-23)18(30)31-27-16(28)15-12-25(10-11-26(15)17(27)29)14-4-2-1-3-5-14/h1-5,15H,6-13H2. The molecule has 3 aliphatic heterocycles. The first kappa shape index (κ1) is 21.2. The van der Waals surface area contributed by atoms with Crippen molar-refractivity contribution in [2.45, 2.75) is 12.2 Å². The Morgan fingerprint density at radius 2 is 1.68 bits per heavy atom. The third-order valence-corrected chi connectivity index (χ3v) is 5.61. The van der Waals surface area contributed by atoms with E-state index in [4.69, 9.17) is 4.84 Å². The molecule has 0 aliphatic carbocycles. The molecular formula is C19H22F3N5O4. The number of alkyl halides is 3. The SMILES string of the molecule is O=C(ON1C(=O)C2CN(c3ccccc3)CCN2C1=O)N1CCN(CC(F)(F)F)CC1. The molecule has 3 fully saturated rings. The molecule has 1 aromatic rings. The molecule has 12 heteroatoms. The van der Waals surface area contributed by atoms with Gasteiger partial charge in [0.25, 0.3) is 5.91 Å². The zero-order chi connectivity index (χ0) is 22.2. The van der Waals surface area contributed by atoms with Crippen LogP contribution in [0.25, 0.3) is 0 Å². The van der Waals surface area contributed by atoms with Crippen molar-refractivity contribution in [1.29, 1.82) is 0 Å². The van der Waals surface area contributed by atoms with Crippen LogP contribution in [-0.2, 0) is 9.63 Å². The van der Waals surface area contributed by atoms with Crippen molar-refractivity contribution < 1.29 is 32.4 Å². The largest absolute Gasteiger partial charge is 0.434 e. The van der Waals surface area contributed by atoms with Crippen LogP contribution in [0.3, 0.4) is 0 Å². The van der Waals surface area contributed by atoms with Gasteiger partial charge in [0, 0.05) is 51.5 Å². The molecular weight excluding hydrogens is 419 g/mol. The predicted octanol–water partition coefficient (Wildman–Crippen LogP) is 1.37. The van der Waals surface area contributed by atoms with Gasteiger partial charge in [-0.1, -0.05) is 23.3 Å². The Labute approximate surface area is 176 Å². The van der Waals surface area contributed by atoms with Crippen LogP contribution in [0.4, 0.5) is 28.4 Å². The van der Waals surface area contributed by atoms with Crippen molar-refractivity contribution in [3.8, 4) is 0 Å². The van der Waals surface area contributed by atoms with E-state index in [1.807, 2.05) is 35.2 Å². The molecule has 0 N–H and O–H groups in total. The average molecular weight is 441 g/mol. The fourth-order valence-electron chi connectivity index (χ4n) is 4.00. The number of fused-ring (bicyclic) bond motifs is 1. The van der Waals surface area contributed by atoms with E-state index in [-0.39, 0.29) is 32.7 Å². The maximum absolute atomic E-state index is 12.8. The average Bonchev–Trinajstić information content (AvgIpc) is 2.98. The van der Waals surface area contributed by atoms with Crippen LogP contribution >= 0.6 is 0 Å². The summed E-state index contributed by atoms with van der Waals surface area (Å²) >= 11 is 0. The number of benzene rings is 1. The monoisotopic (exact) mass is 441 g/mol. The van der Waals surface area contributed by atoms with Gasteiger partial charge in [0.15, 0.2) is 0 Å². The Morgan fingerprint density at radius 3 is 2.32 bits per heavy atom. The molecule has 0 bridgehead atoms. The minimum Gasteiger partial charge on any atom is -0.367 e. The van der Waals surface area contributed by atoms with Crippen LogP contribution in [0.1, 0.15) is 0 Å². The second kappa shape index (κ2) is 8.25. The summed E-state index contributed by atoms with van der Waals surface area (Å²) in [5.41, 5.74) is 0.926. The molecule has 31 heavy (non-hydrogen) atoms. The number of halogens is 3. The fourth-order valence-corrected chi connectivity index (χ4v) is 4.00. The number of piperazine rings is 2. The van der Waals surface area contributed by atoms with Crippen molar-refractivity contribution in [3.63, 3.8) is 0 Å². The van der Waals surface area contributed by atoms with Crippen LogP contribution in [0.2, 0.25) is 0 Å². The Bertz CT molecular complexity index is 845. The van der Waals surface area contributed by atoms with Gasteiger partial charge >= 0.3 is 18.3 Å². The van der Waals surface area contributed by atoms with E-state index in [1.165, 1.54) is 14.7 Å². The summed E-state index contributed by atoms with van der Waals surface area (Å²) in [4.78, 5) is 48.6. The molecule has 4 amide bonds. The lowest BCUT2D eigenvalue weighted by atomic mass is 10.1. The van der Waals surface area contributed by atoms with E-state index in [0.717, 1.165) is 5.69 Å². The van der Waals surface area contributed by atoms with E-state index in [0.29, 0.717) is 18.2 Å². The van der Waals surface area contributed by atoms with Crippen molar-refractivity contribution in [1.82, 2.24) is 19.8 Å². The van der Waals surface area contributed by atoms with E-state index in [1.54, 1.807) is 0 Å². The summed E-state index contributed by atoms with van der Waals surface area (Å²) in [6, 6.07) is 8.00. The minimum absolute atomic E-state index is 0.0140. The Balaban J connectivity index is 1.34. The zero-order valence-electron chi connectivity index (χ0n) is 16.6. The van der Waals surface area contributed by atoms with Crippen LogP contribution in [0.5, 0.6) is 0 Å². The van der Waals surface area contributed by atoms with Gasteiger partial charge in [0.1, 0.15) is 6.04 Å². The maximum Gasteiger partial charge on any atom is 0.434 e. The lowest BCUT2D eigenvalue weighted by Gasteiger charge is -2.36. The summed E-state index contributed by atoms with van der Waals surface area (Å²) < 4.78 is 37.5. The number of urea groups is 1. The maximum atomic E-state index is 12.8. The van der Waals surface area contributed by atoms with E-state index < -0.39 is 36.8 Å². The van der Waals surface area contributed by atoms with Crippen LogP contribution in [0.15, 0.2) is 30.3 Å². The molecule has 3 heterocycles. The van der Waals surface area contributed by atoms with E-state index in [2.05, 4.69) is 0 Å². The van der Waals surface area contributed by atoms with E-state index >= 15 is 0 Å². The summed E-state index contributed by atoms with van der Waals surface area (Å²) in [5.74, 6) is -0.630. The molecule has 1 atom stereocenters. The normalized spacial score (nSPS) is 22.7. The molecule has 1 unspecified atom stereocenters. The van der Waals surface area contributed by atoms with Gasteiger partial charge in [-0.3, -0.25) is 9.69 Å². The highest BCUT2D eigenvalue weighted by molar-refractivity contribution is 6.04. The molecule has 168 valence electrons. The first-order valence-electron chi connectivity index (χ1n) is 9.93. The van der Waals surface area contributed by atoms with E-state index in [9.17, 15) is 27.6 Å². The van der Waals surface area contributed by atoms with Crippen molar-refractivity contribution >= 4 is 23.7 Å². The van der Waals surface area contributed by atoms with Crippen molar-refractivity contribution in [3.05, 3.63) is 30.3 Å². The Hall–Kier alpha value is -3.02. The molecule has 3 saturated heterocycles. The number of carbonyl (C=O) groups is 3. The lowest BCUT2D eigenvalue weighted by molar-refractivity contribution is -0.155. The lowest BCUT2D eigenvalue weighted by Crippen LogP contribution is -2.53. The number of rotatable bonds is 3. The van der Waals surface area contributed by atoms with Gasteiger partial charge in [0.2, 0.25) is 0 Å². The van der Waals surface area contributed by atoms with Gasteiger partial charge in [0.05, 0.1) is 6.54 Å². The quantitative estimate of drug-likeness (QED) is 0.660. The van der Waals surface area contributed by atoms with Crippen LogP contribution in [0, 0.1) is 0 Å². The summed E-state index contributed by atoms with van der Waals surface area (Å²) in [7, 11) is 0. The Kier molecular flexibility index (Phi) is 5.65. The topological polar surface area (TPSA) is 76.6 Å². The minimum atomic E-state index is -4.31. The number of para-hydroxylation sites is 1. The second-order valence-corrected chi connectivity index (χ2v) is 7.64. The number of carbonyl (C=O) groups excluding carboxylic acids is 3. The molecule has 0 spiro atoms. The molecule has 0 radical (unpaired) electrons. The number of hydrogen-bond acceptors (Lipinski definition) is 6. The predicted molar refractivity (Wildman–Crippen MR) is 102 cm³/mol. The molecule has 4 rings (SSSR count). The zero-order valence-corrected chi connectivity index (χ0v) is 16.6. The fraction of sp³-hybridized carbons (Fsp3) is 0.526. The summed E-state index contributed by atoms with van der Waals surface area (Å²) in [6.07, 6.45) is -5.23. The van der Waals surface area contributed by atoms with Gasteiger partial charge < -0.3 is 19.5 Å². The Morgan fingerprint density at radius 1 is 1.00 bits per heavy atom. The third kappa shape index (κ3) is 4.53.